The second-order valence-corrected chi connectivity index (χ2v) is 7.21. The molecule has 0 bridgehead atoms. The van der Waals surface area contributed by atoms with Gasteiger partial charge in [-0.2, -0.15) is 0 Å². The summed E-state index contributed by atoms with van der Waals surface area (Å²) in [6.07, 6.45) is 6.77. The van der Waals surface area contributed by atoms with Gasteiger partial charge in [-0.3, -0.25) is 14.5 Å². The molecule has 0 aromatic carbocycles. The number of anilines is 1. The zero-order valence-electron chi connectivity index (χ0n) is 15.3. The van der Waals surface area contributed by atoms with Crippen LogP contribution in [0.1, 0.15) is 18.6 Å². The Kier molecular flexibility index (Phi) is 5.24. The van der Waals surface area contributed by atoms with E-state index in [9.17, 15) is 9.59 Å². The standard InChI is InChI=1S/C19H25N5O3/c25-18-17(20-5-6-21-18)23-8-10-24(11-9-23)19(26)15-3-1-7-22(13-15)14-16-4-2-12-27-16/h2,4-6,12,15H,1,3,7-11,13-14H2,(H,21,25)/t15-/m0/s1. The van der Waals surface area contributed by atoms with Crippen molar-refractivity contribution in [1.82, 2.24) is 19.8 Å². The maximum Gasteiger partial charge on any atom is 0.290 e. The molecule has 2 aliphatic heterocycles. The van der Waals surface area contributed by atoms with Crippen LogP contribution in [0.5, 0.6) is 0 Å². The Morgan fingerprint density at radius 1 is 1.26 bits per heavy atom. The maximum absolute atomic E-state index is 13.0. The number of aromatic amines is 1. The summed E-state index contributed by atoms with van der Waals surface area (Å²) in [6.45, 7) is 5.06. The number of likely N-dealkylation sites (tertiary alicyclic amines) is 1. The van der Waals surface area contributed by atoms with Crippen LogP contribution >= 0.6 is 0 Å². The number of hydrogen-bond donors (Lipinski definition) is 1. The predicted molar refractivity (Wildman–Crippen MR) is 100 cm³/mol. The highest BCUT2D eigenvalue weighted by Gasteiger charge is 2.31. The average molecular weight is 371 g/mol. The largest absolute Gasteiger partial charge is 0.468 e. The Morgan fingerprint density at radius 3 is 2.85 bits per heavy atom. The fourth-order valence-electron chi connectivity index (χ4n) is 3.99. The van der Waals surface area contributed by atoms with E-state index in [2.05, 4.69) is 14.9 Å². The van der Waals surface area contributed by atoms with E-state index in [1.807, 2.05) is 21.9 Å². The van der Waals surface area contributed by atoms with Gasteiger partial charge < -0.3 is 19.2 Å². The van der Waals surface area contributed by atoms with Crippen molar-refractivity contribution < 1.29 is 9.21 Å². The number of carbonyl (C=O) groups excluding carboxylic acids is 1. The minimum absolute atomic E-state index is 0.0403. The van der Waals surface area contributed by atoms with Gasteiger partial charge in [0.2, 0.25) is 5.91 Å². The smallest absolute Gasteiger partial charge is 0.290 e. The lowest BCUT2D eigenvalue weighted by molar-refractivity contribution is -0.137. The zero-order chi connectivity index (χ0) is 18.6. The summed E-state index contributed by atoms with van der Waals surface area (Å²) in [5.41, 5.74) is -0.182. The summed E-state index contributed by atoms with van der Waals surface area (Å²) in [5, 5.41) is 0. The van der Waals surface area contributed by atoms with E-state index >= 15 is 0 Å². The van der Waals surface area contributed by atoms with Crippen LogP contribution in [0.25, 0.3) is 0 Å². The normalized spacial score (nSPS) is 21.4. The van der Waals surface area contributed by atoms with Crippen LogP contribution in [0.3, 0.4) is 0 Å². The summed E-state index contributed by atoms with van der Waals surface area (Å²) < 4.78 is 5.44. The first-order valence-electron chi connectivity index (χ1n) is 9.53. The summed E-state index contributed by atoms with van der Waals surface area (Å²) in [7, 11) is 0. The van der Waals surface area contributed by atoms with Crippen LogP contribution in [0.2, 0.25) is 0 Å². The fraction of sp³-hybridized carbons (Fsp3) is 0.526. The number of nitrogens with zero attached hydrogens (tertiary/aromatic N) is 4. The van der Waals surface area contributed by atoms with E-state index in [1.165, 1.54) is 6.20 Å². The van der Waals surface area contributed by atoms with Crippen molar-refractivity contribution in [2.45, 2.75) is 19.4 Å². The van der Waals surface area contributed by atoms with Crippen LogP contribution in [-0.2, 0) is 11.3 Å². The molecule has 1 atom stereocenters. The van der Waals surface area contributed by atoms with Crippen molar-refractivity contribution in [1.29, 1.82) is 0 Å². The van der Waals surface area contributed by atoms with E-state index < -0.39 is 0 Å². The number of aromatic nitrogens is 2. The first-order valence-corrected chi connectivity index (χ1v) is 9.53. The highest BCUT2D eigenvalue weighted by atomic mass is 16.3. The molecule has 4 rings (SSSR count). The lowest BCUT2D eigenvalue weighted by Gasteiger charge is -2.39. The molecule has 8 heteroatoms. The van der Waals surface area contributed by atoms with Crippen LogP contribution < -0.4 is 10.5 Å². The Morgan fingerprint density at radius 2 is 2.11 bits per heavy atom. The molecule has 2 aromatic rings. The van der Waals surface area contributed by atoms with Gasteiger partial charge in [-0.25, -0.2) is 4.98 Å². The van der Waals surface area contributed by atoms with E-state index in [4.69, 9.17) is 4.42 Å². The number of carbonyl (C=O) groups is 1. The molecule has 1 N–H and O–H groups in total. The van der Waals surface area contributed by atoms with Gasteiger partial charge in [0.15, 0.2) is 5.82 Å². The lowest BCUT2D eigenvalue weighted by atomic mass is 9.96. The lowest BCUT2D eigenvalue weighted by Crippen LogP contribution is -2.53. The number of H-pyrrole nitrogens is 1. The van der Waals surface area contributed by atoms with Crippen LogP contribution in [0.15, 0.2) is 40.0 Å². The predicted octanol–water partition coefficient (Wildman–Crippen LogP) is 0.924. The molecule has 2 aliphatic rings. The summed E-state index contributed by atoms with van der Waals surface area (Å²) in [5.74, 6) is 1.65. The van der Waals surface area contributed by atoms with Crippen molar-refractivity contribution in [2.75, 3.05) is 44.2 Å². The van der Waals surface area contributed by atoms with E-state index in [-0.39, 0.29) is 17.4 Å². The molecule has 27 heavy (non-hydrogen) atoms. The van der Waals surface area contributed by atoms with Gasteiger partial charge in [-0.15, -0.1) is 0 Å². The van der Waals surface area contributed by atoms with E-state index in [0.717, 1.165) is 38.2 Å². The second kappa shape index (κ2) is 7.96. The van der Waals surface area contributed by atoms with E-state index in [0.29, 0.717) is 32.0 Å². The zero-order valence-corrected chi connectivity index (χ0v) is 15.3. The number of furan rings is 1. The molecular weight excluding hydrogens is 346 g/mol. The number of hydrogen-bond acceptors (Lipinski definition) is 6. The summed E-state index contributed by atoms with van der Waals surface area (Å²) in [6, 6.07) is 3.87. The Labute approximate surface area is 157 Å². The minimum Gasteiger partial charge on any atom is -0.468 e. The van der Waals surface area contributed by atoms with Crippen LogP contribution in [0.4, 0.5) is 5.82 Å². The third kappa shape index (κ3) is 4.05. The quantitative estimate of drug-likeness (QED) is 0.860. The van der Waals surface area contributed by atoms with Gasteiger partial charge in [-0.05, 0) is 31.5 Å². The molecule has 0 spiro atoms. The molecule has 0 unspecified atom stereocenters. The first kappa shape index (κ1) is 17.8. The maximum atomic E-state index is 13.0. The average Bonchev–Trinajstić information content (AvgIpc) is 3.21. The van der Waals surface area contributed by atoms with Crippen LogP contribution in [-0.4, -0.2) is 64.9 Å². The molecule has 0 radical (unpaired) electrons. The molecule has 1 amide bonds. The molecular formula is C19H25N5O3. The minimum atomic E-state index is -0.182. The highest BCUT2D eigenvalue weighted by molar-refractivity contribution is 5.79. The summed E-state index contributed by atoms with van der Waals surface area (Å²) >= 11 is 0. The monoisotopic (exact) mass is 371 g/mol. The molecule has 0 aliphatic carbocycles. The number of piperidine rings is 1. The van der Waals surface area contributed by atoms with Crippen molar-refractivity contribution in [2.24, 2.45) is 5.92 Å². The Bertz CT molecular complexity index is 811. The topological polar surface area (TPSA) is 85.7 Å². The van der Waals surface area contributed by atoms with Gasteiger partial charge in [0, 0.05) is 45.1 Å². The molecule has 2 aromatic heterocycles. The Balaban J connectivity index is 1.32. The SMILES string of the molecule is O=C([C@H]1CCCN(Cc2ccco2)C1)N1CCN(c2ncc[nH]c2=O)CC1. The van der Waals surface area contributed by atoms with E-state index in [1.54, 1.807) is 12.5 Å². The Hall–Kier alpha value is -2.61. The number of amides is 1. The molecule has 4 heterocycles. The fourth-order valence-corrected chi connectivity index (χ4v) is 3.99. The molecule has 144 valence electrons. The van der Waals surface area contributed by atoms with Crippen LogP contribution in [0, 0.1) is 5.92 Å². The van der Waals surface area contributed by atoms with Crippen molar-refractivity contribution in [3.8, 4) is 0 Å². The summed E-state index contributed by atoms with van der Waals surface area (Å²) in [4.78, 5) is 37.9. The first-order chi connectivity index (χ1) is 13.2. The second-order valence-electron chi connectivity index (χ2n) is 7.21. The van der Waals surface area contributed by atoms with Crippen molar-refractivity contribution in [3.63, 3.8) is 0 Å². The van der Waals surface area contributed by atoms with Crippen molar-refractivity contribution >= 4 is 11.7 Å². The molecule has 8 nitrogen and oxygen atoms in total. The highest BCUT2D eigenvalue weighted by Crippen LogP contribution is 2.22. The number of piperazine rings is 1. The van der Waals surface area contributed by atoms with Gasteiger partial charge in [0.05, 0.1) is 18.7 Å². The van der Waals surface area contributed by atoms with Gasteiger partial charge in [-0.1, -0.05) is 0 Å². The number of rotatable bonds is 4. The van der Waals surface area contributed by atoms with Gasteiger partial charge in [0.1, 0.15) is 5.76 Å². The number of nitrogens with one attached hydrogen (secondary N) is 1. The van der Waals surface area contributed by atoms with Gasteiger partial charge in [0.25, 0.3) is 5.56 Å². The third-order valence-corrected chi connectivity index (χ3v) is 5.39. The molecule has 0 saturated carbocycles. The molecule has 2 saturated heterocycles. The van der Waals surface area contributed by atoms with Crippen molar-refractivity contribution in [3.05, 3.63) is 46.9 Å². The molecule has 2 fully saturated rings. The third-order valence-electron chi connectivity index (χ3n) is 5.39. The van der Waals surface area contributed by atoms with Gasteiger partial charge >= 0.3 is 0 Å².